The van der Waals surface area contributed by atoms with Crippen molar-refractivity contribution in [2.24, 2.45) is 0 Å². The van der Waals surface area contributed by atoms with Crippen molar-refractivity contribution in [1.29, 1.82) is 0 Å². The summed E-state index contributed by atoms with van der Waals surface area (Å²) < 4.78 is 0. The third-order valence-electron chi connectivity index (χ3n) is 14.1. The molecule has 0 atom stereocenters. The van der Waals surface area contributed by atoms with Crippen LogP contribution >= 0.6 is 0 Å². The lowest BCUT2D eigenvalue weighted by atomic mass is 9.81. The molecule has 12 aromatic carbocycles. The van der Waals surface area contributed by atoms with Crippen LogP contribution in [0, 0.1) is 0 Å². The van der Waals surface area contributed by atoms with Gasteiger partial charge in [-0.05, 0) is 170 Å². The van der Waals surface area contributed by atoms with Crippen molar-refractivity contribution in [2.45, 2.75) is 19.3 Å². The van der Waals surface area contributed by atoms with Crippen LogP contribution in [-0.4, -0.2) is 0 Å². The Morgan fingerprint density at radius 1 is 0.281 bits per heavy atom. The zero-order chi connectivity index (χ0) is 42.5. The summed E-state index contributed by atoms with van der Waals surface area (Å²) in [4.78, 5) is 2.43. The van der Waals surface area contributed by atoms with Crippen molar-refractivity contribution in [2.75, 3.05) is 4.90 Å². The Morgan fingerprint density at radius 2 is 0.672 bits per heavy atom. The summed E-state index contributed by atoms with van der Waals surface area (Å²) in [5.74, 6) is 0. The minimum Gasteiger partial charge on any atom is -0.310 e. The number of anilines is 3. The molecule has 1 aliphatic carbocycles. The molecule has 13 rings (SSSR count). The first-order valence-electron chi connectivity index (χ1n) is 22.4. The molecule has 0 bridgehead atoms. The van der Waals surface area contributed by atoms with E-state index in [0.717, 1.165) is 17.1 Å². The number of fused-ring (bicyclic) bond motifs is 11. The van der Waals surface area contributed by atoms with Crippen molar-refractivity contribution < 1.29 is 0 Å². The molecule has 1 heteroatoms. The van der Waals surface area contributed by atoms with Gasteiger partial charge < -0.3 is 4.90 Å². The van der Waals surface area contributed by atoms with Crippen molar-refractivity contribution in [3.8, 4) is 33.4 Å². The summed E-state index contributed by atoms with van der Waals surface area (Å²) in [6.45, 7) is 4.81. The van der Waals surface area contributed by atoms with Crippen LogP contribution in [0.2, 0.25) is 0 Å². The Bertz CT molecular complexity index is 3810. The molecule has 0 saturated carbocycles. The molecule has 0 heterocycles. The van der Waals surface area contributed by atoms with E-state index < -0.39 is 0 Å². The van der Waals surface area contributed by atoms with Crippen LogP contribution in [0.1, 0.15) is 25.0 Å². The normalized spacial score (nSPS) is 13.0. The molecule has 0 aliphatic heterocycles. The maximum Gasteiger partial charge on any atom is 0.0468 e. The van der Waals surface area contributed by atoms with Gasteiger partial charge in [-0.1, -0.05) is 178 Å². The van der Waals surface area contributed by atoms with Gasteiger partial charge in [-0.3, -0.25) is 0 Å². The van der Waals surface area contributed by atoms with Gasteiger partial charge in [-0.2, -0.15) is 0 Å². The largest absolute Gasteiger partial charge is 0.310 e. The highest BCUT2D eigenvalue weighted by Crippen LogP contribution is 2.53. The molecule has 0 fully saturated rings. The lowest BCUT2D eigenvalue weighted by Gasteiger charge is -2.28. The average molecular weight is 814 g/mol. The number of nitrogens with zero attached hydrogens (tertiary/aromatic N) is 1. The predicted molar refractivity (Wildman–Crippen MR) is 275 cm³/mol. The minimum atomic E-state index is -0.235. The zero-order valence-electron chi connectivity index (χ0n) is 35.8. The SMILES string of the molecule is CC1(C)c2cc(-c3cc4cc(-c5ccc6ccccc6c5)c5ccccc5c4c4ccccc34)ccc2-c2ccc(N(c3ccc4ccccc4c3)c3ccc4ccccc4c3)cc21. The first-order chi connectivity index (χ1) is 31.5. The van der Waals surface area contributed by atoms with Gasteiger partial charge in [0.2, 0.25) is 0 Å². The van der Waals surface area contributed by atoms with Gasteiger partial charge in [0.1, 0.15) is 0 Å². The number of hydrogen-bond acceptors (Lipinski definition) is 1. The van der Waals surface area contributed by atoms with E-state index in [1.165, 1.54) is 109 Å². The Labute approximate surface area is 373 Å². The highest BCUT2D eigenvalue weighted by atomic mass is 15.1. The number of rotatable bonds is 5. The third kappa shape index (κ3) is 5.64. The van der Waals surface area contributed by atoms with E-state index in [0.29, 0.717) is 0 Å². The molecule has 0 saturated heterocycles. The van der Waals surface area contributed by atoms with Gasteiger partial charge in [-0.25, -0.2) is 0 Å². The molecular weight excluding hydrogens is 771 g/mol. The average Bonchev–Trinajstić information content (AvgIpc) is 3.57. The van der Waals surface area contributed by atoms with E-state index in [9.17, 15) is 0 Å². The second-order valence-corrected chi connectivity index (χ2v) is 18.1. The summed E-state index contributed by atoms with van der Waals surface area (Å²) in [6.07, 6.45) is 0. The molecule has 0 N–H and O–H groups in total. The van der Waals surface area contributed by atoms with Crippen molar-refractivity contribution in [1.82, 2.24) is 0 Å². The van der Waals surface area contributed by atoms with Gasteiger partial charge in [-0.15, -0.1) is 0 Å². The molecule has 0 aromatic heterocycles. The highest BCUT2D eigenvalue weighted by Gasteiger charge is 2.36. The van der Waals surface area contributed by atoms with Gasteiger partial charge in [0.05, 0.1) is 0 Å². The predicted octanol–water partition coefficient (Wildman–Crippen LogP) is 17.7. The van der Waals surface area contributed by atoms with Crippen molar-refractivity contribution in [3.05, 3.63) is 236 Å². The molecule has 0 unspecified atom stereocenters. The molecular formula is C63H43N. The number of hydrogen-bond donors (Lipinski definition) is 0. The summed E-state index contributed by atoms with van der Waals surface area (Å²) in [5.41, 5.74) is 13.5. The molecule has 0 radical (unpaired) electrons. The monoisotopic (exact) mass is 813 g/mol. The highest BCUT2D eigenvalue weighted by molar-refractivity contribution is 6.26. The minimum absolute atomic E-state index is 0.235. The van der Waals surface area contributed by atoms with Crippen LogP contribution in [0.15, 0.2) is 224 Å². The smallest absolute Gasteiger partial charge is 0.0468 e. The Balaban J connectivity index is 0.959. The van der Waals surface area contributed by atoms with Gasteiger partial charge in [0.25, 0.3) is 0 Å². The zero-order valence-corrected chi connectivity index (χ0v) is 35.8. The maximum atomic E-state index is 2.48. The van der Waals surface area contributed by atoms with E-state index in [1.807, 2.05) is 0 Å². The summed E-state index contributed by atoms with van der Waals surface area (Å²) >= 11 is 0. The first-order valence-corrected chi connectivity index (χ1v) is 22.4. The van der Waals surface area contributed by atoms with Crippen molar-refractivity contribution in [3.63, 3.8) is 0 Å². The fourth-order valence-electron chi connectivity index (χ4n) is 10.9. The lowest BCUT2D eigenvalue weighted by molar-refractivity contribution is 0.660. The molecule has 0 amide bonds. The van der Waals surface area contributed by atoms with Gasteiger partial charge >= 0.3 is 0 Å². The van der Waals surface area contributed by atoms with Gasteiger partial charge in [0.15, 0.2) is 0 Å². The Morgan fingerprint density at radius 3 is 1.23 bits per heavy atom. The van der Waals surface area contributed by atoms with Crippen LogP contribution < -0.4 is 4.90 Å². The van der Waals surface area contributed by atoms with E-state index in [2.05, 4.69) is 243 Å². The molecule has 12 aromatic rings. The third-order valence-corrected chi connectivity index (χ3v) is 14.1. The molecule has 0 spiro atoms. The van der Waals surface area contributed by atoms with Crippen LogP contribution in [0.3, 0.4) is 0 Å². The fraction of sp³-hybridized carbons (Fsp3) is 0.0476. The molecule has 1 nitrogen and oxygen atoms in total. The van der Waals surface area contributed by atoms with Gasteiger partial charge in [0, 0.05) is 22.5 Å². The molecule has 64 heavy (non-hydrogen) atoms. The summed E-state index contributed by atoms with van der Waals surface area (Å²) in [6, 6.07) is 83.7. The Kier molecular flexibility index (Phi) is 8.02. The maximum absolute atomic E-state index is 2.48. The van der Waals surface area contributed by atoms with E-state index in [1.54, 1.807) is 0 Å². The van der Waals surface area contributed by atoms with Crippen LogP contribution in [0.4, 0.5) is 17.1 Å². The van der Waals surface area contributed by atoms with Crippen LogP contribution in [-0.2, 0) is 5.41 Å². The van der Waals surface area contributed by atoms with Crippen molar-refractivity contribution >= 4 is 81.7 Å². The summed E-state index contributed by atoms with van der Waals surface area (Å²) in [5, 5.41) is 15.1. The fourth-order valence-corrected chi connectivity index (χ4v) is 10.9. The van der Waals surface area contributed by atoms with Crippen LogP contribution in [0.25, 0.3) is 98.0 Å². The quantitative estimate of drug-likeness (QED) is 0.157. The standard InChI is InChI=1S/C63H43N/c1-63(2)60-38-47(59-37-48-36-58(46-24-23-40-13-3-6-16-43(40)33-46)52-19-9-11-21-56(52)62(48)57-22-12-10-20-53(57)59)27-31-54(60)55-32-30-51(39-61(55)63)64(49-28-25-41-14-4-7-17-44(41)34-49)50-29-26-42-15-5-8-18-45(42)35-50/h3-39H,1-2H3. The Hall–Kier alpha value is -8.00. The number of benzene rings is 12. The second kappa shape index (κ2) is 14.0. The lowest BCUT2D eigenvalue weighted by Crippen LogP contribution is -2.16. The van der Waals surface area contributed by atoms with Crippen LogP contribution in [0.5, 0.6) is 0 Å². The second-order valence-electron chi connectivity index (χ2n) is 18.1. The molecule has 300 valence electrons. The van der Waals surface area contributed by atoms with E-state index in [4.69, 9.17) is 0 Å². The van der Waals surface area contributed by atoms with E-state index >= 15 is 0 Å². The molecule has 1 aliphatic rings. The van der Waals surface area contributed by atoms with E-state index in [-0.39, 0.29) is 5.41 Å². The topological polar surface area (TPSA) is 3.24 Å². The summed E-state index contributed by atoms with van der Waals surface area (Å²) in [7, 11) is 0. The first kappa shape index (κ1) is 36.6.